The summed E-state index contributed by atoms with van der Waals surface area (Å²) in [6, 6.07) is 15.1. The summed E-state index contributed by atoms with van der Waals surface area (Å²) in [4.78, 5) is 30.4. The second-order valence-corrected chi connectivity index (χ2v) is 6.54. The molecule has 5 rings (SSSR count). The molecule has 2 aromatic heterocycles. The lowest BCUT2D eigenvalue weighted by Gasteiger charge is -2.28. The van der Waals surface area contributed by atoms with Gasteiger partial charge in [-0.15, -0.1) is 0 Å². The van der Waals surface area contributed by atoms with E-state index in [-0.39, 0.29) is 17.5 Å². The number of amides is 1. The molecule has 4 aromatic rings. The van der Waals surface area contributed by atoms with Gasteiger partial charge in [0.1, 0.15) is 0 Å². The fourth-order valence-electron chi connectivity index (χ4n) is 3.39. The molecule has 0 aliphatic carbocycles. The van der Waals surface area contributed by atoms with Gasteiger partial charge >= 0.3 is 0 Å². The zero-order valence-electron chi connectivity index (χ0n) is 13.9. The highest BCUT2D eigenvalue weighted by Gasteiger charge is 2.22. The van der Waals surface area contributed by atoms with Crippen LogP contribution < -0.4 is 16.2 Å². The van der Waals surface area contributed by atoms with Crippen molar-refractivity contribution in [1.82, 2.24) is 20.0 Å². The molecule has 26 heavy (non-hydrogen) atoms. The fraction of sp³-hybridized carbons (Fsp3) is 0.150. The molecule has 1 aliphatic heterocycles. The van der Waals surface area contributed by atoms with Crippen molar-refractivity contribution in [3.63, 3.8) is 0 Å². The predicted octanol–water partition coefficient (Wildman–Crippen LogP) is 1.70. The Kier molecular flexibility index (Phi) is 3.26. The molecule has 3 heterocycles. The number of aromatic nitrogens is 2. The van der Waals surface area contributed by atoms with Crippen LogP contribution in [0, 0.1) is 0 Å². The van der Waals surface area contributed by atoms with Crippen LogP contribution in [0.3, 0.4) is 0 Å². The highest BCUT2D eigenvalue weighted by atomic mass is 16.2. The molecule has 2 N–H and O–H groups in total. The van der Waals surface area contributed by atoms with E-state index < -0.39 is 0 Å². The molecule has 0 spiro atoms. The molecule has 0 radical (unpaired) electrons. The van der Waals surface area contributed by atoms with Crippen molar-refractivity contribution in [3.8, 4) is 0 Å². The fourth-order valence-corrected chi connectivity index (χ4v) is 3.39. The Morgan fingerprint density at radius 3 is 2.73 bits per heavy atom. The third-order valence-electron chi connectivity index (χ3n) is 4.90. The van der Waals surface area contributed by atoms with E-state index in [1.54, 1.807) is 24.4 Å². The first-order valence-corrected chi connectivity index (χ1v) is 8.57. The Bertz CT molecular complexity index is 1240. The highest BCUT2D eigenvalue weighted by Crippen LogP contribution is 2.23. The quantitative estimate of drug-likeness (QED) is 0.429. The Morgan fingerprint density at radius 1 is 1.08 bits per heavy atom. The Morgan fingerprint density at radius 2 is 1.92 bits per heavy atom. The molecule has 0 bridgehead atoms. The van der Waals surface area contributed by atoms with E-state index in [4.69, 9.17) is 4.98 Å². The first-order chi connectivity index (χ1) is 12.7. The second kappa shape index (κ2) is 5.64. The van der Waals surface area contributed by atoms with Crippen molar-refractivity contribution < 1.29 is 4.79 Å². The van der Waals surface area contributed by atoms with E-state index in [1.165, 1.54) is 4.40 Å². The maximum absolute atomic E-state index is 13.0. The Hall–Kier alpha value is -3.25. The van der Waals surface area contributed by atoms with Crippen LogP contribution in [0.15, 0.2) is 59.5 Å². The molecular weight excluding hydrogens is 328 g/mol. The number of pyridine rings is 1. The molecule has 1 amide bonds. The lowest BCUT2D eigenvalue weighted by atomic mass is 10.1. The van der Waals surface area contributed by atoms with Crippen molar-refractivity contribution in [1.29, 1.82) is 0 Å². The number of carbonyl (C=O) groups excluding carboxylic acids is 1. The number of hydrogen-bond donors (Lipinski definition) is 2. The minimum absolute atomic E-state index is 0.121. The number of carbonyl (C=O) groups is 1. The minimum atomic E-state index is -0.207. The summed E-state index contributed by atoms with van der Waals surface area (Å²) in [5.41, 5.74) is 1.24. The van der Waals surface area contributed by atoms with Crippen LogP contribution in [0.4, 0.5) is 0 Å². The van der Waals surface area contributed by atoms with Gasteiger partial charge in [-0.05, 0) is 23.6 Å². The van der Waals surface area contributed by atoms with Crippen LogP contribution in [0.5, 0.6) is 0 Å². The molecule has 2 aromatic carbocycles. The zero-order valence-corrected chi connectivity index (χ0v) is 13.9. The van der Waals surface area contributed by atoms with E-state index in [0.29, 0.717) is 22.1 Å². The van der Waals surface area contributed by atoms with E-state index >= 15 is 0 Å². The molecular formula is C20H16N4O2. The first-order valence-electron chi connectivity index (χ1n) is 8.57. The van der Waals surface area contributed by atoms with Crippen LogP contribution in [-0.4, -0.2) is 34.4 Å². The van der Waals surface area contributed by atoms with Gasteiger partial charge in [-0.3, -0.25) is 14.0 Å². The third kappa shape index (κ3) is 2.19. The molecule has 0 unspecified atom stereocenters. The van der Waals surface area contributed by atoms with Crippen LogP contribution in [0.1, 0.15) is 10.4 Å². The van der Waals surface area contributed by atoms with Crippen molar-refractivity contribution in [2.24, 2.45) is 0 Å². The lowest BCUT2D eigenvalue weighted by molar-refractivity contribution is 0.0925. The SMILES string of the molecule is O=C(NC1CNC1)c1cccn2c(=O)c3ccc4ccccc4c3nc12. The standard InChI is InChI=1S/C20H16N4O2/c25-19(22-13-10-21-11-13)16-6-3-9-24-18(16)23-17-14-5-2-1-4-12(14)7-8-15(17)20(24)26/h1-9,13,21H,10-11H2,(H,22,25). The Labute approximate surface area is 148 Å². The van der Waals surface area contributed by atoms with Gasteiger partial charge in [-0.1, -0.05) is 30.3 Å². The third-order valence-corrected chi connectivity index (χ3v) is 4.90. The maximum Gasteiger partial charge on any atom is 0.265 e. The topological polar surface area (TPSA) is 75.5 Å². The second-order valence-electron chi connectivity index (χ2n) is 6.54. The highest BCUT2D eigenvalue weighted by molar-refractivity contribution is 6.07. The van der Waals surface area contributed by atoms with Gasteiger partial charge in [0.2, 0.25) is 0 Å². The van der Waals surface area contributed by atoms with Gasteiger partial charge in [-0.2, -0.15) is 0 Å². The van der Waals surface area contributed by atoms with Crippen molar-refractivity contribution in [2.45, 2.75) is 6.04 Å². The van der Waals surface area contributed by atoms with Crippen molar-refractivity contribution in [3.05, 3.63) is 70.6 Å². The summed E-state index contributed by atoms with van der Waals surface area (Å²) in [7, 11) is 0. The van der Waals surface area contributed by atoms with Gasteiger partial charge < -0.3 is 10.6 Å². The predicted molar refractivity (Wildman–Crippen MR) is 101 cm³/mol. The Balaban J connectivity index is 1.80. The van der Waals surface area contributed by atoms with E-state index in [0.717, 1.165) is 23.9 Å². The summed E-state index contributed by atoms with van der Waals surface area (Å²) in [6.07, 6.45) is 1.65. The van der Waals surface area contributed by atoms with Crippen LogP contribution in [0.2, 0.25) is 0 Å². The van der Waals surface area contributed by atoms with Gasteiger partial charge in [0, 0.05) is 24.7 Å². The van der Waals surface area contributed by atoms with E-state index in [1.807, 2.05) is 30.3 Å². The van der Waals surface area contributed by atoms with Gasteiger partial charge in [0.05, 0.1) is 22.5 Å². The molecule has 0 saturated carbocycles. The van der Waals surface area contributed by atoms with Gasteiger partial charge in [0.15, 0.2) is 5.65 Å². The van der Waals surface area contributed by atoms with E-state index in [2.05, 4.69) is 10.6 Å². The molecule has 6 heteroatoms. The summed E-state index contributed by atoms with van der Waals surface area (Å²) in [5, 5.41) is 8.56. The summed E-state index contributed by atoms with van der Waals surface area (Å²) < 4.78 is 1.45. The largest absolute Gasteiger partial charge is 0.347 e. The normalized spacial score (nSPS) is 14.6. The average Bonchev–Trinajstić information content (AvgIpc) is 2.64. The molecule has 1 aliphatic rings. The number of benzene rings is 2. The summed E-state index contributed by atoms with van der Waals surface area (Å²) in [6.45, 7) is 1.52. The summed E-state index contributed by atoms with van der Waals surface area (Å²) >= 11 is 0. The molecule has 128 valence electrons. The number of nitrogens with zero attached hydrogens (tertiary/aromatic N) is 2. The number of fused-ring (bicyclic) bond motifs is 4. The van der Waals surface area contributed by atoms with Crippen molar-refractivity contribution >= 4 is 33.2 Å². The van der Waals surface area contributed by atoms with Gasteiger partial charge in [-0.25, -0.2) is 4.98 Å². The smallest absolute Gasteiger partial charge is 0.265 e. The lowest BCUT2D eigenvalue weighted by Crippen LogP contribution is -2.57. The molecule has 6 nitrogen and oxygen atoms in total. The van der Waals surface area contributed by atoms with Crippen LogP contribution in [-0.2, 0) is 0 Å². The number of rotatable bonds is 2. The first kappa shape index (κ1) is 15.0. The molecule has 1 saturated heterocycles. The molecule has 0 atom stereocenters. The number of nitrogens with one attached hydrogen (secondary N) is 2. The maximum atomic E-state index is 13.0. The van der Waals surface area contributed by atoms with Gasteiger partial charge in [0.25, 0.3) is 11.5 Å². The van der Waals surface area contributed by atoms with Crippen molar-refractivity contribution in [2.75, 3.05) is 13.1 Å². The minimum Gasteiger partial charge on any atom is -0.347 e. The van der Waals surface area contributed by atoms with Crippen LogP contribution in [0.25, 0.3) is 27.3 Å². The number of hydrogen-bond acceptors (Lipinski definition) is 4. The summed E-state index contributed by atoms with van der Waals surface area (Å²) in [5.74, 6) is -0.207. The van der Waals surface area contributed by atoms with Crippen LogP contribution >= 0.6 is 0 Å². The monoisotopic (exact) mass is 344 g/mol. The average molecular weight is 344 g/mol. The van der Waals surface area contributed by atoms with E-state index in [9.17, 15) is 9.59 Å². The molecule has 1 fully saturated rings. The zero-order chi connectivity index (χ0) is 17.7.